The SMILES string of the molecule is O=[N+]([O-])c1cccc(-c2csc(N/N=C\c3ccc(Cl)cc3Cl)n2)c1. The van der Waals surface area contributed by atoms with Gasteiger partial charge in [-0.3, -0.25) is 15.5 Å². The van der Waals surface area contributed by atoms with Crippen molar-refractivity contribution in [3.05, 3.63) is 73.6 Å². The third-order valence-corrected chi connectivity index (χ3v) is 4.49. The lowest BCUT2D eigenvalue weighted by Gasteiger charge is -1.99. The highest BCUT2D eigenvalue weighted by Crippen LogP contribution is 2.27. The average Bonchev–Trinajstić information content (AvgIpc) is 3.06. The summed E-state index contributed by atoms with van der Waals surface area (Å²) < 4.78 is 0. The van der Waals surface area contributed by atoms with Crippen LogP contribution in [0, 0.1) is 10.1 Å². The maximum Gasteiger partial charge on any atom is 0.270 e. The second-order valence-corrected chi connectivity index (χ2v) is 6.58. The molecule has 0 radical (unpaired) electrons. The molecule has 0 bridgehead atoms. The summed E-state index contributed by atoms with van der Waals surface area (Å²) in [4.78, 5) is 14.8. The lowest BCUT2D eigenvalue weighted by molar-refractivity contribution is -0.384. The summed E-state index contributed by atoms with van der Waals surface area (Å²) in [5, 5.41) is 18.3. The molecular formula is C16H10Cl2N4O2S. The highest BCUT2D eigenvalue weighted by molar-refractivity contribution is 7.14. The van der Waals surface area contributed by atoms with Crippen LogP contribution in [-0.4, -0.2) is 16.1 Å². The number of halogens is 2. The monoisotopic (exact) mass is 392 g/mol. The number of nitrogens with zero attached hydrogens (tertiary/aromatic N) is 3. The average molecular weight is 393 g/mol. The van der Waals surface area contributed by atoms with Crippen LogP contribution in [0.15, 0.2) is 52.9 Å². The third-order valence-electron chi connectivity index (χ3n) is 3.18. The fourth-order valence-electron chi connectivity index (χ4n) is 2.00. The highest BCUT2D eigenvalue weighted by Gasteiger charge is 2.09. The number of hydrogen-bond acceptors (Lipinski definition) is 6. The quantitative estimate of drug-likeness (QED) is 0.354. The van der Waals surface area contributed by atoms with Crippen LogP contribution in [0.3, 0.4) is 0 Å². The molecular weight excluding hydrogens is 383 g/mol. The molecule has 6 nitrogen and oxygen atoms in total. The Balaban J connectivity index is 1.72. The van der Waals surface area contributed by atoms with Gasteiger partial charge < -0.3 is 0 Å². The van der Waals surface area contributed by atoms with Gasteiger partial charge in [0.1, 0.15) is 0 Å². The number of hydrazone groups is 1. The summed E-state index contributed by atoms with van der Waals surface area (Å²) in [5.74, 6) is 0. The maximum absolute atomic E-state index is 10.9. The molecule has 0 aliphatic rings. The molecule has 1 heterocycles. The molecule has 2 aromatic carbocycles. The lowest BCUT2D eigenvalue weighted by Crippen LogP contribution is -1.91. The van der Waals surface area contributed by atoms with Crippen LogP contribution in [0.25, 0.3) is 11.3 Å². The van der Waals surface area contributed by atoms with E-state index in [0.717, 1.165) is 0 Å². The van der Waals surface area contributed by atoms with E-state index in [1.54, 1.807) is 41.9 Å². The van der Waals surface area contributed by atoms with Crippen molar-refractivity contribution < 1.29 is 4.92 Å². The predicted octanol–water partition coefficient (Wildman–Crippen LogP) is 5.47. The molecule has 0 atom stereocenters. The van der Waals surface area contributed by atoms with Crippen molar-refractivity contribution in [1.82, 2.24) is 4.98 Å². The van der Waals surface area contributed by atoms with Crippen LogP contribution >= 0.6 is 34.5 Å². The Morgan fingerprint density at radius 1 is 1.24 bits per heavy atom. The maximum atomic E-state index is 10.9. The molecule has 3 aromatic rings. The van der Waals surface area contributed by atoms with E-state index < -0.39 is 4.92 Å². The zero-order chi connectivity index (χ0) is 17.8. The summed E-state index contributed by atoms with van der Waals surface area (Å²) >= 11 is 13.2. The standard InChI is InChI=1S/C16H10Cl2N4O2S/c17-12-5-4-11(14(18)7-12)8-19-21-16-20-15(9-25-16)10-2-1-3-13(6-10)22(23)24/h1-9H,(H,20,21)/b19-8-. The van der Waals surface area contributed by atoms with Crippen LogP contribution in [0.2, 0.25) is 10.0 Å². The number of aromatic nitrogens is 1. The summed E-state index contributed by atoms with van der Waals surface area (Å²) in [7, 11) is 0. The molecule has 25 heavy (non-hydrogen) atoms. The van der Waals surface area contributed by atoms with Gasteiger partial charge in [-0.2, -0.15) is 5.10 Å². The lowest BCUT2D eigenvalue weighted by atomic mass is 10.1. The first-order valence-electron chi connectivity index (χ1n) is 6.97. The number of thiazole rings is 1. The zero-order valence-electron chi connectivity index (χ0n) is 12.5. The first-order valence-corrected chi connectivity index (χ1v) is 8.61. The summed E-state index contributed by atoms with van der Waals surface area (Å²) in [5.41, 5.74) is 4.86. The topological polar surface area (TPSA) is 80.4 Å². The van der Waals surface area contributed by atoms with Crippen LogP contribution in [0.4, 0.5) is 10.8 Å². The molecule has 3 rings (SSSR count). The number of benzene rings is 2. The van der Waals surface area contributed by atoms with Gasteiger partial charge in [-0.1, -0.05) is 41.4 Å². The molecule has 1 aromatic heterocycles. The van der Waals surface area contributed by atoms with Crippen molar-refractivity contribution >= 4 is 51.6 Å². The van der Waals surface area contributed by atoms with Crippen LogP contribution in [0.1, 0.15) is 5.56 Å². The Bertz CT molecular complexity index is 959. The van der Waals surface area contributed by atoms with E-state index in [1.807, 2.05) is 0 Å². The van der Waals surface area contributed by atoms with Gasteiger partial charge in [-0.05, 0) is 12.1 Å². The predicted molar refractivity (Wildman–Crippen MR) is 102 cm³/mol. The van der Waals surface area contributed by atoms with Gasteiger partial charge in [0, 0.05) is 33.7 Å². The van der Waals surface area contributed by atoms with Gasteiger partial charge in [0.15, 0.2) is 0 Å². The molecule has 126 valence electrons. The first kappa shape index (κ1) is 17.3. The Morgan fingerprint density at radius 3 is 2.84 bits per heavy atom. The number of rotatable bonds is 5. The minimum Gasteiger partial charge on any atom is -0.258 e. The largest absolute Gasteiger partial charge is 0.270 e. The van der Waals surface area contributed by atoms with Gasteiger partial charge in [-0.25, -0.2) is 4.98 Å². The van der Waals surface area contributed by atoms with Gasteiger partial charge >= 0.3 is 0 Å². The van der Waals surface area contributed by atoms with E-state index in [2.05, 4.69) is 15.5 Å². The molecule has 0 spiro atoms. The Morgan fingerprint density at radius 2 is 2.08 bits per heavy atom. The van der Waals surface area contributed by atoms with Crippen molar-refractivity contribution in [3.63, 3.8) is 0 Å². The molecule has 0 aliphatic carbocycles. The van der Waals surface area contributed by atoms with Crippen molar-refractivity contribution in [2.75, 3.05) is 5.43 Å². The summed E-state index contributed by atoms with van der Waals surface area (Å²) in [6.07, 6.45) is 1.56. The van der Waals surface area contributed by atoms with Gasteiger partial charge in [0.05, 0.1) is 21.9 Å². The zero-order valence-corrected chi connectivity index (χ0v) is 14.8. The number of nitro benzene ring substituents is 1. The van der Waals surface area contributed by atoms with E-state index in [1.165, 1.54) is 23.5 Å². The van der Waals surface area contributed by atoms with Crippen molar-refractivity contribution in [1.29, 1.82) is 0 Å². The van der Waals surface area contributed by atoms with E-state index in [4.69, 9.17) is 23.2 Å². The second-order valence-electron chi connectivity index (χ2n) is 4.88. The molecule has 0 aliphatic heterocycles. The number of nitrogens with one attached hydrogen (secondary N) is 1. The van der Waals surface area contributed by atoms with Crippen molar-refractivity contribution in [3.8, 4) is 11.3 Å². The van der Waals surface area contributed by atoms with E-state index in [0.29, 0.717) is 32.0 Å². The Hall–Kier alpha value is -2.48. The fraction of sp³-hybridized carbons (Fsp3) is 0. The molecule has 0 unspecified atom stereocenters. The fourth-order valence-corrected chi connectivity index (χ4v) is 3.13. The summed E-state index contributed by atoms with van der Waals surface area (Å²) in [6.45, 7) is 0. The van der Waals surface area contributed by atoms with Crippen molar-refractivity contribution in [2.24, 2.45) is 5.10 Å². The number of anilines is 1. The minimum atomic E-state index is -0.435. The van der Waals surface area contributed by atoms with Gasteiger partial charge in [-0.15, -0.1) is 11.3 Å². The molecule has 9 heteroatoms. The van der Waals surface area contributed by atoms with Crippen LogP contribution < -0.4 is 5.43 Å². The minimum absolute atomic E-state index is 0.0235. The second kappa shape index (κ2) is 7.60. The molecule has 0 saturated carbocycles. The number of non-ortho nitro benzene ring substituents is 1. The Labute approximate surface area is 156 Å². The van der Waals surface area contributed by atoms with Gasteiger partial charge in [0.2, 0.25) is 5.13 Å². The summed E-state index contributed by atoms with van der Waals surface area (Å²) in [6, 6.07) is 11.4. The first-order chi connectivity index (χ1) is 12.0. The molecule has 0 fully saturated rings. The van der Waals surface area contributed by atoms with E-state index >= 15 is 0 Å². The van der Waals surface area contributed by atoms with Crippen molar-refractivity contribution in [2.45, 2.75) is 0 Å². The smallest absolute Gasteiger partial charge is 0.258 e. The Kier molecular flexibility index (Phi) is 5.28. The number of hydrogen-bond donors (Lipinski definition) is 1. The van der Waals surface area contributed by atoms with E-state index in [-0.39, 0.29) is 5.69 Å². The molecule has 1 N–H and O–H groups in total. The highest BCUT2D eigenvalue weighted by atomic mass is 35.5. The molecule has 0 saturated heterocycles. The number of nitro groups is 1. The van der Waals surface area contributed by atoms with Gasteiger partial charge in [0.25, 0.3) is 5.69 Å². The molecule has 0 amide bonds. The van der Waals surface area contributed by atoms with Crippen LogP contribution in [-0.2, 0) is 0 Å². The third kappa shape index (κ3) is 4.33. The normalized spacial score (nSPS) is 11.0. The van der Waals surface area contributed by atoms with E-state index in [9.17, 15) is 10.1 Å². The van der Waals surface area contributed by atoms with Crippen LogP contribution in [0.5, 0.6) is 0 Å².